The van der Waals surface area contributed by atoms with E-state index in [-0.39, 0.29) is 17.3 Å². The van der Waals surface area contributed by atoms with E-state index in [0.29, 0.717) is 16.7 Å². The summed E-state index contributed by atoms with van der Waals surface area (Å²) in [6, 6.07) is 21.3. The summed E-state index contributed by atoms with van der Waals surface area (Å²) in [4.78, 5) is 27.9. The monoisotopic (exact) mass is 635 g/mol. The predicted octanol–water partition coefficient (Wildman–Crippen LogP) is 4.96. The average molecular weight is 637 g/mol. The zero-order chi connectivity index (χ0) is 26.3. The molecule has 0 aromatic heterocycles. The predicted molar refractivity (Wildman–Crippen MR) is 148 cm³/mol. The molecule has 0 saturated heterocycles. The molecule has 2 amide bonds. The second-order valence-electron chi connectivity index (χ2n) is 8.02. The van der Waals surface area contributed by atoms with Gasteiger partial charge >= 0.3 is 0 Å². The highest BCUT2D eigenvalue weighted by Crippen LogP contribution is 2.27. The first-order chi connectivity index (χ1) is 17.1. The molecule has 0 radical (unpaired) electrons. The first-order valence-electron chi connectivity index (χ1n) is 11.3. The van der Waals surface area contributed by atoms with Crippen LogP contribution in [0, 0.1) is 0 Å². The number of carbonyl (C=O) groups is 2. The van der Waals surface area contributed by atoms with E-state index in [1.165, 1.54) is 17.0 Å². The lowest BCUT2D eigenvalue weighted by Gasteiger charge is -2.32. The number of rotatable bonds is 10. The Morgan fingerprint density at radius 1 is 0.917 bits per heavy atom. The third-order valence-electron chi connectivity index (χ3n) is 5.49. The number of hydrogen-bond acceptors (Lipinski definition) is 4. The van der Waals surface area contributed by atoms with Crippen LogP contribution in [-0.2, 0) is 26.2 Å². The van der Waals surface area contributed by atoms with Gasteiger partial charge in [-0.2, -0.15) is 0 Å². The van der Waals surface area contributed by atoms with Crippen molar-refractivity contribution in [1.82, 2.24) is 10.2 Å². The SMILES string of the molecule is CCNC(=O)[C@H](C)N(Cc1ccc(Br)cc1)C(=O)CN(c1cccc(Br)c1)S(=O)(=O)c1ccccc1. The number of likely N-dealkylation sites (N-methyl/N-ethyl adjacent to an activating group) is 1. The van der Waals surface area contributed by atoms with Crippen LogP contribution in [0.2, 0.25) is 0 Å². The van der Waals surface area contributed by atoms with Gasteiger partial charge in [-0.05, 0) is 61.9 Å². The Balaban J connectivity index is 2.01. The maximum atomic E-state index is 13.7. The number of nitrogens with zero attached hydrogens (tertiary/aromatic N) is 2. The Morgan fingerprint density at radius 2 is 1.58 bits per heavy atom. The first kappa shape index (κ1) is 27.9. The number of hydrogen-bond donors (Lipinski definition) is 1. The number of halogens is 2. The van der Waals surface area contributed by atoms with Gasteiger partial charge in [0.05, 0.1) is 10.6 Å². The van der Waals surface area contributed by atoms with Gasteiger partial charge in [0, 0.05) is 22.0 Å². The van der Waals surface area contributed by atoms with Crippen molar-refractivity contribution in [2.24, 2.45) is 0 Å². The number of amides is 2. The van der Waals surface area contributed by atoms with Gasteiger partial charge in [-0.15, -0.1) is 0 Å². The zero-order valence-electron chi connectivity index (χ0n) is 19.9. The topological polar surface area (TPSA) is 86.8 Å². The molecule has 3 rings (SSSR count). The van der Waals surface area contributed by atoms with Crippen LogP contribution >= 0.6 is 31.9 Å². The molecule has 0 aliphatic heterocycles. The van der Waals surface area contributed by atoms with Crippen LogP contribution in [0.1, 0.15) is 19.4 Å². The van der Waals surface area contributed by atoms with E-state index in [0.717, 1.165) is 14.3 Å². The highest BCUT2D eigenvalue weighted by molar-refractivity contribution is 9.10. The lowest BCUT2D eigenvalue weighted by Crippen LogP contribution is -2.51. The fourth-order valence-electron chi connectivity index (χ4n) is 3.57. The van der Waals surface area contributed by atoms with Crippen LogP contribution < -0.4 is 9.62 Å². The van der Waals surface area contributed by atoms with Crippen LogP contribution in [0.4, 0.5) is 5.69 Å². The Bertz CT molecular complexity index is 1300. The number of anilines is 1. The largest absolute Gasteiger partial charge is 0.355 e. The maximum Gasteiger partial charge on any atom is 0.264 e. The van der Waals surface area contributed by atoms with Crippen molar-refractivity contribution in [3.8, 4) is 0 Å². The average Bonchev–Trinajstić information content (AvgIpc) is 2.87. The quantitative estimate of drug-likeness (QED) is 0.341. The second-order valence-corrected chi connectivity index (χ2v) is 11.7. The highest BCUT2D eigenvalue weighted by Gasteiger charge is 2.32. The van der Waals surface area contributed by atoms with E-state index in [1.807, 2.05) is 24.3 Å². The fraction of sp³-hybridized carbons (Fsp3) is 0.231. The smallest absolute Gasteiger partial charge is 0.264 e. The van der Waals surface area contributed by atoms with Gasteiger partial charge in [0.2, 0.25) is 11.8 Å². The third kappa shape index (κ3) is 6.96. The molecule has 0 aliphatic carbocycles. The van der Waals surface area contributed by atoms with Crippen molar-refractivity contribution in [3.05, 3.63) is 93.4 Å². The molecule has 36 heavy (non-hydrogen) atoms. The van der Waals surface area contributed by atoms with Crippen molar-refractivity contribution in [2.75, 3.05) is 17.4 Å². The molecule has 0 fully saturated rings. The minimum atomic E-state index is -4.08. The molecule has 10 heteroatoms. The Hall–Kier alpha value is -2.69. The summed E-state index contributed by atoms with van der Waals surface area (Å²) in [5.41, 5.74) is 1.14. The van der Waals surface area contributed by atoms with E-state index in [9.17, 15) is 18.0 Å². The van der Waals surface area contributed by atoms with E-state index in [2.05, 4.69) is 37.2 Å². The molecule has 0 heterocycles. The van der Waals surface area contributed by atoms with Crippen LogP contribution in [0.25, 0.3) is 0 Å². The molecule has 3 aromatic carbocycles. The van der Waals surface area contributed by atoms with E-state index in [4.69, 9.17) is 0 Å². The third-order valence-corrected chi connectivity index (χ3v) is 8.30. The first-order valence-corrected chi connectivity index (χ1v) is 14.3. The standard InChI is InChI=1S/C26H27Br2N3O4S/c1-3-29-26(33)19(2)30(17-20-12-14-21(27)15-13-20)25(32)18-31(23-9-7-8-22(28)16-23)36(34,35)24-10-5-4-6-11-24/h4-16,19H,3,17-18H2,1-2H3,(H,29,33)/t19-/m0/s1. The Labute approximate surface area is 228 Å². The van der Waals surface area contributed by atoms with Crippen LogP contribution in [0.3, 0.4) is 0 Å². The van der Waals surface area contributed by atoms with Crippen molar-refractivity contribution in [1.29, 1.82) is 0 Å². The molecule has 1 N–H and O–H groups in total. The molecule has 0 spiro atoms. The molecular formula is C26H27Br2N3O4S. The summed E-state index contributed by atoms with van der Waals surface area (Å²) >= 11 is 6.78. The van der Waals surface area contributed by atoms with Crippen molar-refractivity contribution in [2.45, 2.75) is 31.3 Å². The summed E-state index contributed by atoms with van der Waals surface area (Å²) < 4.78 is 30.0. The van der Waals surface area contributed by atoms with Crippen LogP contribution in [0.15, 0.2) is 92.7 Å². The minimum absolute atomic E-state index is 0.0639. The van der Waals surface area contributed by atoms with Crippen molar-refractivity contribution < 1.29 is 18.0 Å². The van der Waals surface area contributed by atoms with Gasteiger partial charge in [-0.1, -0.05) is 68.3 Å². The van der Waals surface area contributed by atoms with Crippen LogP contribution in [0.5, 0.6) is 0 Å². The van der Waals surface area contributed by atoms with Gasteiger partial charge in [0.1, 0.15) is 12.6 Å². The Kier molecular flexibility index (Phi) is 9.69. The lowest BCUT2D eigenvalue weighted by atomic mass is 10.1. The highest BCUT2D eigenvalue weighted by atomic mass is 79.9. The molecular weight excluding hydrogens is 610 g/mol. The number of nitrogens with one attached hydrogen (secondary N) is 1. The van der Waals surface area contributed by atoms with Gasteiger partial charge in [0.25, 0.3) is 10.0 Å². The van der Waals surface area contributed by atoms with Crippen LogP contribution in [-0.4, -0.2) is 44.3 Å². The fourth-order valence-corrected chi connectivity index (χ4v) is 5.65. The van der Waals surface area contributed by atoms with Gasteiger partial charge in [-0.25, -0.2) is 8.42 Å². The van der Waals surface area contributed by atoms with E-state index >= 15 is 0 Å². The summed E-state index contributed by atoms with van der Waals surface area (Å²) in [7, 11) is -4.08. The summed E-state index contributed by atoms with van der Waals surface area (Å²) in [5.74, 6) is -0.820. The van der Waals surface area contributed by atoms with Gasteiger partial charge in [-0.3, -0.25) is 13.9 Å². The maximum absolute atomic E-state index is 13.7. The molecule has 0 bridgehead atoms. The minimum Gasteiger partial charge on any atom is -0.355 e. The second kappa shape index (κ2) is 12.5. The van der Waals surface area contributed by atoms with E-state index < -0.39 is 28.5 Å². The molecule has 0 aliphatic rings. The summed E-state index contributed by atoms with van der Waals surface area (Å²) in [6.07, 6.45) is 0. The normalized spacial score (nSPS) is 12.0. The molecule has 7 nitrogen and oxygen atoms in total. The van der Waals surface area contributed by atoms with Gasteiger partial charge < -0.3 is 10.2 Å². The van der Waals surface area contributed by atoms with Gasteiger partial charge in [0.15, 0.2) is 0 Å². The molecule has 0 saturated carbocycles. The number of benzene rings is 3. The van der Waals surface area contributed by atoms with Crippen molar-refractivity contribution in [3.63, 3.8) is 0 Å². The summed E-state index contributed by atoms with van der Waals surface area (Å²) in [6.45, 7) is 3.51. The molecule has 190 valence electrons. The van der Waals surface area contributed by atoms with Crippen molar-refractivity contribution >= 4 is 59.4 Å². The molecule has 3 aromatic rings. The van der Waals surface area contributed by atoms with E-state index in [1.54, 1.807) is 56.3 Å². The Morgan fingerprint density at radius 3 is 2.19 bits per heavy atom. The molecule has 0 unspecified atom stereocenters. The lowest BCUT2D eigenvalue weighted by molar-refractivity contribution is -0.139. The number of sulfonamides is 1. The zero-order valence-corrected chi connectivity index (χ0v) is 23.9. The summed E-state index contributed by atoms with van der Waals surface area (Å²) in [5, 5.41) is 2.75. The number of carbonyl (C=O) groups excluding carboxylic acids is 2. The molecule has 1 atom stereocenters.